The summed E-state index contributed by atoms with van der Waals surface area (Å²) in [4.78, 5) is 11.0. The molecule has 0 amide bonds. The normalized spacial score (nSPS) is 22.0. The SMILES string of the molecule is COC(=O)COc1ccc(NC2CCSC2C)cc1. The maximum Gasteiger partial charge on any atom is 0.343 e. The molecule has 0 bridgehead atoms. The van der Waals surface area contributed by atoms with E-state index < -0.39 is 0 Å². The van der Waals surface area contributed by atoms with E-state index in [9.17, 15) is 4.79 Å². The topological polar surface area (TPSA) is 47.6 Å². The third-order valence-electron chi connectivity index (χ3n) is 3.17. The van der Waals surface area contributed by atoms with E-state index >= 15 is 0 Å². The van der Waals surface area contributed by atoms with Gasteiger partial charge in [0.15, 0.2) is 6.61 Å². The van der Waals surface area contributed by atoms with Crippen molar-refractivity contribution in [3.8, 4) is 5.75 Å². The molecule has 0 radical (unpaired) electrons. The highest BCUT2D eigenvalue weighted by atomic mass is 32.2. The summed E-state index contributed by atoms with van der Waals surface area (Å²) >= 11 is 2.00. The lowest BCUT2D eigenvalue weighted by Gasteiger charge is -2.18. The first kappa shape index (κ1) is 14.1. The number of carbonyl (C=O) groups is 1. The fraction of sp³-hybridized carbons (Fsp3) is 0.500. The molecule has 0 aromatic heterocycles. The number of esters is 1. The Balaban J connectivity index is 1.85. The number of carbonyl (C=O) groups excluding carboxylic acids is 1. The molecule has 1 N–H and O–H groups in total. The van der Waals surface area contributed by atoms with Crippen molar-refractivity contribution in [2.45, 2.75) is 24.6 Å². The Kier molecular flexibility index (Phi) is 4.96. The quantitative estimate of drug-likeness (QED) is 0.840. The van der Waals surface area contributed by atoms with E-state index in [4.69, 9.17) is 4.74 Å². The van der Waals surface area contributed by atoms with Crippen LogP contribution in [0.3, 0.4) is 0 Å². The minimum absolute atomic E-state index is 0.0560. The predicted molar refractivity (Wildman–Crippen MR) is 77.9 cm³/mol. The highest BCUT2D eigenvalue weighted by molar-refractivity contribution is 8.00. The molecule has 2 rings (SSSR count). The molecule has 5 heteroatoms. The lowest BCUT2D eigenvalue weighted by molar-refractivity contribution is -0.142. The van der Waals surface area contributed by atoms with Gasteiger partial charge in [-0.05, 0) is 36.4 Å². The van der Waals surface area contributed by atoms with Crippen molar-refractivity contribution in [3.05, 3.63) is 24.3 Å². The zero-order chi connectivity index (χ0) is 13.7. The Morgan fingerprint density at radius 1 is 1.42 bits per heavy atom. The molecule has 1 aliphatic rings. The van der Waals surface area contributed by atoms with Crippen molar-refractivity contribution in [2.24, 2.45) is 0 Å². The molecular weight excluding hydrogens is 262 g/mol. The van der Waals surface area contributed by atoms with Crippen molar-refractivity contribution in [2.75, 3.05) is 24.8 Å². The molecule has 1 heterocycles. The summed E-state index contributed by atoms with van der Waals surface area (Å²) in [6.45, 7) is 2.20. The van der Waals surface area contributed by atoms with Crippen LogP contribution in [-0.4, -0.2) is 36.7 Å². The zero-order valence-corrected chi connectivity index (χ0v) is 12.0. The van der Waals surface area contributed by atoms with Gasteiger partial charge < -0.3 is 14.8 Å². The monoisotopic (exact) mass is 281 g/mol. The highest BCUT2D eigenvalue weighted by Crippen LogP contribution is 2.29. The zero-order valence-electron chi connectivity index (χ0n) is 11.2. The van der Waals surface area contributed by atoms with Crippen LogP contribution in [0, 0.1) is 0 Å². The first-order chi connectivity index (χ1) is 9.19. The van der Waals surface area contributed by atoms with Gasteiger partial charge in [0.25, 0.3) is 0 Å². The summed E-state index contributed by atoms with van der Waals surface area (Å²) in [6.07, 6.45) is 1.20. The van der Waals surface area contributed by atoms with Crippen LogP contribution in [0.1, 0.15) is 13.3 Å². The molecule has 1 aliphatic heterocycles. The lowest BCUT2D eigenvalue weighted by atomic mass is 10.1. The first-order valence-corrected chi connectivity index (χ1v) is 7.41. The smallest absolute Gasteiger partial charge is 0.343 e. The Morgan fingerprint density at radius 2 is 2.16 bits per heavy atom. The number of thioether (sulfide) groups is 1. The van der Waals surface area contributed by atoms with Crippen molar-refractivity contribution < 1.29 is 14.3 Å². The van der Waals surface area contributed by atoms with Crippen LogP contribution < -0.4 is 10.1 Å². The summed E-state index contributed by atoms with van der Waals surface area (Å²) in [5.74, 6) is 1.52. The molecule has 1 aromatic rings. The molecule has 0 spiro atoms. The van der Waals surface area contributed by atoms with Gasteiger partial charge >= 0.3 is 5.97 Å². The molecule has 1 aromatic carbocycles. The minimum atomic E-state index is -0.376. The number of ether oxygens (including phenoxy) is 2. The van der Waals surface area contributed by atoms with E-state index in [2.05, 4.69) is 17.0 Å². The van der Waals surface area contributed by atoms with Crippen LogP contribution >= 0.6 is 11.8 Å². The van der Waals surface area contributed by atoms with Gasteiger partial charge in [-0.25, -0.2) is 4.79 Å². The number of methoxy groups -OCH3 is 1. The number of rotatable bonds is 5. The van der Waals surface area contributed by atoms with Crippen molar-refractivity contribution in [1.82, 2.24) is 0 Å². The van der Waals surface area contributed by atoms with E-state index in [1.54, 1.807) is 0 Å². The summed E-state index contributed by atoms with van der Waals surface area (Å²) < 4.78 is 9.82. The van der Waals surface area contributed by atoms with Gasteiger partial charge in [0.1, 0.15) is 5.75 Å². The number of nitrogens with one attached hydrogen (secondary N) is 1. The molecule has 2 atom stereocenters. The van der Waals surface area contributed by atoms with Gasteiger partial charge in [0.2, 0.25) is 0 Å². The Bertz CT molecular complexity index is 421. The second-order valence-electron chi connectivity index (χ2n) is 4.50. The maximum atomic E-state index is 11.0. The molecule has 1 fully saturated rings. The van der Waals surface area contributed by atoms with Crippen LogP contribution in [0.2, 0.25) is 0 Å². The second kappa shape index (κ2) is 6.70. The fourth-order valence-corrected chi connectivity index (χ4v) is 3.18. The van der Waals surface area contributed by atoms with Crippen LogP contribution in [0.5, 0.6) is 5.75 Å². The maximum absolute atomic E-state index is 11.0. The van der Waals surface area contributed by atoms with Crippen LogP contribution in [0.4, 0.5) is 5.69 Å². The Hall–Kier alpha value is -1.36. The third-order valence-corrected chi connectivity index (χ3v) is 4.49. The number of hydrogen-bond acceptors (Lipinski definition) is 5. The number of benzene rings is 1. The van der Waals surface area contributed by atoms with Gasteiger partial charge in [-0.15, -0.1) is 0 Å². The molecule has 0 aliphatic carbocycles. The number of hydrogen-bond donors (Lipinski definition) is 1. The minimum Gasteiger partial charge on any atom is -0.482 e. The molecule has 104 valence electrons. The highest BCUT2D eigenvalue weighted by Gasteiger charge is 2.23. The van der Waals surface area contributed by atoms with Crippen LogP contribution in [0.25, 0.3) is 0 Å². The molecule has 19 heavy (non-hydrogen) atoms. The molecule has 2 unspecified atom stereocenters. The van der Waals surface area contributed by atoms with Crippen molar-refractivity contribution in [1.29, 1.82) is 0 Å². The van der Waals surface area contributed by atoms with E-state index in [1.807, 2.05) is 36.0 Å². The van der Waals surface area contributed by atoms with Gasteiger partial charge in [-0.3, -0.25) is 0 Å². The lowest BCUT2D eigenvalue weighted by Crippen LogP contribution is -2.24. The molecule has 4 nitrogen and oxygen atoms in total. The third kappa shape index (κ3) is 4.06. The van der Waals surface area contributed by atoms with E-state index in [0.29, 0.717) is 17.0 Å². The summed E-state index contributed by atoms with van der Waals surface area (Å²) in [5, 5.41) is 4.17. The molecule has 0 saturated carbocycles. The Labute approximate surface area is 117 Å². The molecule has 1 saturated heterocycles. The Morgan fingerprint density at radius 3 is 2.74 bits per heavy atom. The van der Waals surface area contributed by atoms with E-state index in [0.717, 1.165) is 5.69 Å². The average molecular weight is 281 g/mol. The van der Waals surface area contributed by atoms with Crippen molar-refractivity contribution in [3.63, 3.8) is 0 Å². The summed E-state index contributed by atoms with van der Waals surface area (Å²) in [6, 6.07) is 8.20. The largest absolute Gasteiger partial charge is 0.482 e. The second-order valence-corrected chi connectivity index (χ2v) is 5.99. The van der Waals surface area contributed by atoms with Gasteiger partial charge in [0, 0.05) is 17.0 Å². The molecular formula is C14H19NO3S. The summed E-state index contributed by atoms with van der Waals surface area (Å²) in [7, 11) is 1.35. The van der Waals surface area contributed by atoms with Gasteiger partial charge in [0.05, 0.1) is 7.11 Å². The van der Waals surface area contributed by atoms with Crippen LogP contribution in [-0.2, 0) is 9.53 Å². The standard InChI is InChI=1S/C14H19NO3S/c1-10-13(7-8-19-10)15-11-3-5-12(6-4-11)18-9-14(16)17-2/h3-6,10,13,15H,7-9H2,1-2H3. The van der Waals surface area contributed by atoms with E-state index in [-0.39, 0.29) is 12.6 Å². The van der Waals surface area contributed by atoms with Gasteiger partial charge in [-0.2, -0.15) is 11.8 Å². The predicted octanol–water partition coefficient (Wildman–Crippen LogP) is 2.54. The summed E-state index contributed by atoms with van der Waals surface area (Å²) in [5.41, 5.74) is 1.09. The first-order valence-electron chi connectivity index (χ1n) is 6.37. The van der Waals surface area contributed by atoms with E-state index in [1.165, 1.54) is 19.3 Å². The average Bonchev–Trinajstić information content (AvgIpc) is 2.83. The number of anilines is 1. The van der Waals surface area contributed by atoms with Crippen molar-refractivity contribution >= 4 is 23.4 Å². The van der Waals surface area contributed by atoms with Crippen LogP contribution in [0.15, 0.2) is 24.3 Å². The fourth-order valence-electron chi connectivity index (χ4n) is 1.98. The van der Waals surface area contributed by atoms with Gasteiger partial charge in [-0.1, -0.05) is 6.92 Å².